The number of fused-ring (bicyclic) bond motifs is 1. The number of nitrogens with zero attached hydrogens (tertiary/aromatic N) is 2. The first-order chi connectivity index (χ1) is 11.3. The van der Waals surface area contributed by atoms with Gasteiger partial charge in [0, 0.05) is 22.7 Å². The number of esters is 1. The van der Waals surface area contributed by atoms with E-state index in [4.69, 9.17) is 4.74 Å². The van der Waals surface area contributed by atoms with Gasteiger partial charge < -0.3 is 9.30 Å². The van der Waals surface area contributed by atoms with Gasteiger partial charge in [0.15, 0.2) is 0 Å². The van der Waals surface area contributed by atoms with Crippen LogP contribution in [0.25, 0.3) is 17.0 Å². The Bertz CT molecular complexity index is 872. The lowest BCUT2D eigenvalue weighted by Gasteiger charge is -2.19. The molecular formula is C18H18N2O3S. The zero-order valence-corrected chi connectivity index (χ0v) is 14.6. The third-order valence-corrected chi connectivity index (χ3v) is 4.14. The molecule has 6 heteroatoms. The van der Waals surface area contributed by atoms with E-state index in [1.807, 2.05) is 61.9 Å². The van der Waals surface area contributed by atoms with Crippen molar-refractivity contribution in [2.45, 2.75) is 32.9 Å². The van der Waals surface area contributed by atoms with Gasteiger partial charge in [0.05, 0.1) is 10.5 Å². The van der Waals surface area contributed by atoms with Gasteiger partial charge in [-0.05, 0) is 32.9 Å². The van der Waals surface area contributed by atoms with E-state index in [1.54, 1.807) is 0 Å². The molecule has 0 fully saturated rings. The molecule has 3 rings (SSSR count). The number of rotatable bonds is 3. The minimum absolute atomic E-state index is 0.124. The molecule has 1 aliphatic heterocycles. The van der Waals surface area contributed by atoms with Crippen LogP contribution in [-0.4, -0.2) is 27.6 Å². The fourth-order valence-corrected chi connectivity index (χ4v) is 3.13. The first-order valence-corrected chi connectivity index (χ1v) is 8.46. The Labute approximate surface area is 144 Å². The van der Waals surface area contributed by atoms with Gasteiger partial charge in [-0.15, -0.1) is 0 Å². The van der Waals surface area contributed by atoms with E-state index in [0.29, 0.717) is 4.91 Å². The molecular weight excluding hydrogens is 324 g/mol. The Morgan fingerprint density at radius 3 is 2.75 bits per heavy atom. The number of para-hydroxylation sites is 1. The van der Waals surface area contributed by atoms with Crippen molar-refractivity contribution in [2.75, 3.05) is 0 Å². The van der Waals surface area contributed by atoms with Gasteiger partial charge >= 0.3 is 5.97 Å². The second-order valence-corrected chi connectivity index (χ2v) is 7.37. The highest BCUT2D eigenvalue weighted by atomic mass is 32.2. The third kappa shape index (κ3) is 3.59. The van der Waals surface area contributed by atoms with Gasteiger partial charge in [-0.3, -0.25) is 9.59 Å². The molecule has 0 unspecified atom stereocenters. The summed E-state index contributed by atoms with van der Waals surface area (Å²) in [5.41, 5.74) is 2.82. The molecule has 2 aromatic rings. The summed E-state index contributed by atoms with van der Waals surface area (Å²) in [6.07, 6.45) is 3.68. The van der Waals surface area contributed by atoms with Crippen molar-refractivity contribution in [2.24, 2.45) is 4.99 Å². The Balaban J connectivity index is 1.95. The molecule has 24 heavy (non-hydrogen) atoms. The minimum Gasteiger partial charge on any atom is -0.459 e. The van der Waals surface area contributed by atoms with Crippen LogP contribution in [0.5, 0.6) is 0 Å². The van der Waals surface area contributed by atoms with Crippen LogP contribution in [0.3, 0.4) is 0 Å². The van der Waals surface area contributed by atoms with Crippen LogP contribution in [0.2, 0.25) is 0 Å². The van der Waals surface area contributed by atoms with Crippen molar-refractivity contribution in [3.05, 3.63) is 40.9 Å². The van der Waals surface area contributed by atoms with E-state index < -0.39 is 5.60 Å². The first kappa shape index (κ1) is 16.5. The first-order valence-electron chi connectivity index (χ1n) is 7.58. The fourth-order valence-electron chi connectivity index (χ4n) is 2.52. The monoisotopic (exact) mass is 342 g/mol. The van der Waals surface area contributed by atoms with Gasteiger partial charge in [-0.25, -0.2) is 4.99 Å². The highest BCUT2D eigenvalue weighted by molar-refractivity contribution is 8.16. The summed E-state index contributed by atoms with van der Waals surface area (Å²) in [5, 5.41) is 0.980. The van der Waals surface area contributed by atoms with Crippen molar-refractivity contribution in [3.63, 3.8) is 0 Å². The van der Waals surface area contributed by atoms with Gasteiger partial charge in [-0.1, -0.05) is 30.0 Å². The second-order valence-electron chi connectivity index (χ2n) is 6.48. The number of aromatic nitrogens is 1. The molecule has 0 saturated heterocycles. The summed E-state index contributed by atoms with van der Waals surface area (Å²) in [6, 6.07) is 7.77. The lowest BCUT2D eigenvalue weighted by atomic mass is 10.1. The average molecular weight is 342 g/mol. The normalized spacial score (nSPS) is 16.3. The number of hydrogen-bond donors (Lipinski definition) is 0. The number of thioether (sulfide) groups is 1. The average Bonchev–Trinajstić information content (AvgIpc) is 3.03. The molecule has 0 saturated carbocycles. The van der Waals surface area contributed by atoms with Crippen molar-refractivity contribution >= 4 is 46.2 Å². The molecule has 1 amide bonds. The fraction of sp³-hybridized carbons (Fsp3) is 0.278. The predicted octanol–water partition coefficient (Wildman–Crippen LogP) is 3.63. The Kier molecular flexibility index (Phi) is 4.32. The Morgan fingerprint density at radius 1 is 1.33 bits per heavy atom. The van der Waals surface area contributed by atoms with Crippen LogP contribution < -0.4 is 0 Å². The van der Waals surface area contributed by atoms with Crippen LogP contribution in [0.15, 0.2) is 40.4 Å². The van der Waals surface area contributed by atoms with E-state index in [-0.39, 0.29) is 18.4 Å². The number of aliphatic imine (C=N–C) groups is 1. The van der Waals surface area contributed by atoms with Crippen LogP contribution in [0, 0.1) is 0 Å². The van der Waals surface area contributed by atoms with Crippen LogP contribution in [-0.2, 0) is 20.9 Å². The molecule has 0 N–H and O–H groups in total. The number of ether oxygens (including phenoxy) is 1. The Morgan fingerprint density at radius 2 is 2.08 bits per heavy atom. The molecule has 0 atom stereocenters. The molecule has 1 aliphatic rings. The van der Waals surface area contributed by atoms with E-state index in [0.717, 1.165) is 16.5 Å². The van der Waals surface area contributed by atoms with Crippen molar-refractivity contribution in [1.29, 1.82) is 0 Å². The smallest absolute Gasteiger partial charge is 0.326 e. The zero-order chi connectivity index (χ0) is 17.3. The molecule has 0 spiro atoms. The van der Waals surface area contributed by atoms with Crippen molar-refractivity contribution < 1.29 is 14.3 Å². The van der Waals surface area contributed by atoms with Gasteiger partial charge in [0.1, 0.15) is 12.1 Å². The number of carbonyl (C=O) groups excluding carboxylic acids is 2. The van der Waals surface area contributed by atoms with E-state index in [1.165, 1.54) is 17.3 Å². The highest BCUT2D eigenvalue weighted by Gasteiger charge is 2.19. The van der Waals surface area contributed by atoms with Crippen LogP contribution in [0.4, 0.5) is 0 Å². The molecule has 5 nitrogen and oxygen atoms in total. The van der Waals surface area contributed by atoms with Crippen LogP contribution in [0.1, 0.15) is 26.3 Å². The highest BCUT2D eigenvalue weighted by Crippen LogP contribution is 2.28. The Hall–Kier alpha value is -2.34. The van der Waals surface area contributed by atoms with Crippen molar-refractivity contribution in [1.82, 2.24) is 4.57 Å². The van der Waals surface area contributed by atoms with Gasteiger partial charge in [0.25, 0.3) is 5.91 Å². The summed E-state index contributed by atoms with van der Waals surface area (Å²) < 4.78 is 7.24. The summed E-state index contributed by atoms with van der Waals surface area (Å²) in [6.45, 7) is 5.66. The topological polar surface area (TPSA) is 60.7 Å². The minimum atomic E-state index is -0.519. The van der Waals surface area contributed by atoms with E-state index in [9.17, 15) is 9.59 Å². The second kappa shape index (κ2) is 6.28. The largest absolute Gasteiger partial charge is 0.459 e. The number of benzene rings is 1. The standard InChI is InChI=1S/C18H18N2O3S/c1-18(2,3)23-16(21)10-20-9-12(8-15-17(22)19-11-24-15)13-6-4-5-7-14(13)20/h4-9,11H,10H2,1-3H3. The maximum absolute atomic E-state index is 12.1. The van der Waals surface area contributed by atoms with E-state index >= 15 is 0 Å². The SMILES string of the molecule is CC(C)(C)OC(=O)Cn1cc(C=C2SC=NC2=O)c2ccccc21. The summed E-state index contributed by atoms with van der Waals surface area (Å²) in [4.78, 5) is 28.1. The molecule has 2 heterocycles. The third-order valence-electron chi connectivity index (χ3n) is 3.39. The lowest BCUT2D eigenvalue weighted by molar-refractivity contribution is -0.155. The molecule has 0 aliphatic carbocycles. The lowest BCUT2D eigenvalue weighted by Crippen LogP contribution is -2.26. The quantitative estimate of drug-likeness (QED) is 0.631. The summed E-state index contributed by atoms with van der Waals surface area (Å²) >= 11 is 1.30. The van der Waals surface area contributed by atoms with Crippen LogP contribution >= 0.6 is 11.8 Å². The molecule has 1 aromatic heterocycles. The maximum atomic E-state index is 12.1. The summed E-state index contributed by atoms with van der Waals surface area (Å²) in [7, 11) is 0. The maximum Gasteiger partial charge on any atom is 0.326 e. The van der Waals surface area contributed by atoms with E-state index in [2.05, 4.69) is 4.99 Å². The molecule has 0 bridgehead atoms. The number of carbonyl (C=O) groups is 2. The number of hydrogen-bond acceptors (Lipinski definition) is 4. The molecule has 1 aromatic carbocycles. The van der Waals surface area contributed by atoms with Gasteiger partial charge in [0.2, 0.25) is 0 Å². The molecule has 0 radical (unpaired) electrons. The number of amides is 1. The predicted molar refractivity (Wildman–Crippen MR) is 96.9 cm³/mol. The van der Waals surface area contributed by atoms with Crippen molar-refractivity contribution in [3.8, 4) is 0 Å². The zero-order valence-electron chi connectivity index (χ0n) is 13.8. The molecule has 124 valence electrons. The van der Waals surface area contributed by atoms with Gasteiger partial charge in [-0.2, -0.15) is 0 Å². The summed E-state index contributed by atoms with van der Waals surface area (Å²) in [5.74, 6) is -0.527.